The summed E-state index contributed by atoms with van der Waals surface area (Å²) in [5, 5.41) is 9.63. The summed E-state index contributed by atoms with van der Waals surface area (Å²) in [5.74, 6) is 0.688. The van der Waals surface area contributed by atoms with Crippen LogP contribution in [0.2, 0.25) is 0 Å². The summed E-state index contributed by atoms with van der Waals surface area (Å²) < 4.78 is 5.21. The molecule has 0 fully saturated rings. The summed E-state index contributed by atoms with van der Waals surface area (Å²) in [4.78, 5) is 0. The molecule has 18 heavy (non-hydrogen) atoms. The largest absolute Gasteiger partial charge is 0.480 e. The van der Waals surface area contributed by atoms with Gasteiger partial charge in [-0.05, 0) is 17.2 Å². The van der Waals surface area contributed by atoms with E-state index in [1.807, 2.05) is 66.7 Å². The zero-order valence-electron chi connectivity index (χ0n) is 9.71. The molecule has 1 aliphatic heterocycles. The van der Waals surface area contributed by atoms with Crippen molar-refractivity contribution in [3.8, 4) is 0 Å². The second-order valence-electron chi connectivity index (χ2n) is 4.07. The van der Waals surface area contributed by atoms with Gasteiger partial charge in [-0.3, -0.25) is 0 Å². The first-order chi connectivity index (χ1) is 8.84. The summed E-state index contributed by atoms with van der Waals surface area (Å²) in [5.41, 5.74) is 2.77. The second-order valence-corrected chi connectivity index (χ2v) is 4.07. The molecule has 1 N–H and O–H groups in total. The highest BCUT2D eigenvalue weighted by Crippen LogP contribution is 2.38. The Morgan fingerprint density at radius 3 is 2.06 bits per heavy atom. The van der Waals surface area contributed by atoms with E-state index >= 15 is 0 Å². The third-order valence-corrected chi connectivity index (χ3v) is 2.83. The lowest BCUT2D eigenvalue weighted by atomic mass is 10.0. The van der Waals surface area contributed by atoms with Crippen molar-refractivity contribution in [3.63, 3.8) is 0 Å². The van der Waals surface area contributed by atoms with Crippen LogP contribution >= 0.6 is 0 Å². The maximum atomic E-state index is 9.63. The first kappa shape index (κ1) is 10.7. The molecule has 0 aliphatic carbocycles. The number of benzene rings is 2. The van der Waals surface area contributed by atoms with E-state index in [4.69, 9.17) is 4.74 Å². The van der Waals surface area contributed by atoms with Gasteiger partial charge >= 0.3 is 0 Å². The molecule has 0 saturated carbocycles. The Hall–Kier alpha value is -2.48. The van der Waals surface area contributed by atoms with Crippen molar-refractivity contribution in [2.75, 3.05) is 0 Å². The number of hydrogen-bond donors (Lipinski definition) is 1. The lowest BCUT2D eigenvalue weighted by Gasteiger charge is -2.23. The summed E-state index contributed by atoms with van der Waals surface area (Å²) in [6.07, 6.45) is 1.92. The van der Waals surface area contributed by atoms with Crippen LogP contribution in [0.25, 0.3) is 11.6 Å². The molecule has 0 unspecified atom stereocenters. The molecule has 1 heterocycles. The molecule has 0 bridgehead atoms. The van der Waals surface area contributed by atoms with Crippen LogP contribution in [0.15, 0.2) is 72.4 Å². The van der Waals surface area contributed by atoms with Crippen LogP contribution in [0.4, 0.5) is 0 Å². The minimum absolute atomic E-state index is 0.0108. The Morgan fingerprint density at radius 1 is 0.833 bits per heavy atom. The van der Waals surface area contributed by atoms with E-state index in [0.29, 0.717) is 5.76 Å². The van der Waals surface area contributed by atoms with Gasteiger partial charge in [0.05, 0.1) is 0 Å². The predicted octanol–water partition coefficient (Wildman–Crippen LogP) is 3.98. The van der Waals surface area contributed by atoms with Gasteiger partial charge in [-0.1, -0.05) is 60.7 Å². The average Bonchev–Trinajstić information content (AvgIpc) is 2.40. The SMILES string of the molecule is OC1=C(c2ccccc2)/C(=C/c2ccccc2)O1. The Balaban J connectivity index is 1.96. The molecule has 0 amide bonds. The second kappa shape index (κ2) is 4.41. The van der Waals surface area contributed by atoms with Crippen LogP contribution in [-0.2, 0) is 4.74 Å². The highest BCUT2D eigenvalue weighted by molar-refractivity contribution is 5.87. The molecule has 88 valence electrons. The quantitative estimate of drug-likeness (QED) is 0.854. The van der Waals surface area contributed by atoms with Gasteiger partial charge in [0, 0.05) is 0 Å². The maximum absolute atomic E-state index is 9.63. The Morgan fingerprint density at radius 2 is 1.44 bits per heavy atom. The third-order valence-electron chi connectivity index (χ3n) is 2.83. The number of allylic oxidation sites excluding steroid dienone is 1. The number of rotatable bonds is 2. The van der Waals surface area contributed by atoms with Crippen LogP contribution in [0.3, 0.4) is 0 Å². The van der Waals surface area contributed by atoms with Crippen molar-refractivity contribution in [2.24, 2.45) is 0 Å². The van der Waals surface area contributed by atoms with Crippen molar-refractivity contribution in [1.29, 1.82) is 0 Å². The average molecular weight is 236 g/mol. The Bertz CT molecular complexity index is 610. The fourth-order valence-electron chi connectivity index (χ4n) is 1.94. The summed E-state index contributed by atoms with van der Waals surface area (Å²) in [7, 11) is 0. The van der Waals surface area contributed by atoms with E-state index in [-0.39, 0.29) is 5.95 Å². The smallest absolute Gasteiger partial charge is 0.294 e. The van der Waals surface area contributed by atoms with E-state index in [0.717, 1.165) is 16.7 Å². The summed E-state index contributed by atoms with van der Waals surface area (Å²) >= 11 is 0. The van der Waals surface area contributed by atoms with Crippen LogP contribution in [0.1, 0.15) is 11.1 Å². The van der Waals surface area contributed by atoms with Gasteiger partial charge in [0.1, 0.15) is 11.3 Å². The van der Waals surface area contributed by atoms with Crippen LogP contribution in [0.5, 0.6) is 0 Å². The number of aliphatic hydroxyl groups excluding tert-OH is 1. The highest BCUT2D eigenvalue weighted by atomic mass is 16.6. The van der Waals surface area contributed by atoms with Crippen LogP contribution in [0, 0.1) is 0 Å². The topological polar surface area (TPSA) is 29.5 Å². The minimum atomic E-state index is -0.0108. The standard InChI is InChI=1S/C16H12O2/c17-16-15(13-9-5-2-6-10-13)14(18-16)11-12-7-3-1-4-8-12/h1-11,17H/b14-11-. The molecule has 0 radical (unpaired) electrons. The fraction of sp³-hybridized carbons (Fsp3) is 0. The lowest BCUT2D eigenvalue weighted by Crippen LogP contribution is -2.10. The molecule has 2 aromatic rings. The van der Waals surface area contributed by atoms with Gasteiger partial charge in [0.15, 0.2) is 0 Å². The lowest BCUT2D eigenvalue weighted by molar-refractivity contribution is 0.129. The molecular weight excluding hydrogens is 224 g/mol. The monoisotopic (exact) mass is 236 g/mol. The Kier molecular flexibility index (Phi) is 2.61. The predicted molar refractivity (Wildman–Crippen MR) is 71.5 cm³/mol. The first-order valence-corrected chi connectivity index (χ1v) is 5.78. The van der Waals surface area contributed by atoms with Crippen molar-refractivity contribution < 1.29 is 9.84 Å². The highest BCUT2D eigenvalue weighted by Gasteiger charge is 2.27. The molecular formula is C16H12O2. The van der Waals surface area contributed by atoms with Gasteiger partial charge in [-0.2, -0.15) is 0 Å². The Labute approximate surface area is 105 Å². The molecule has 2 nitrogen and oxygen atoms in total. The van der Waals surface area contributed by atoms with Gasteiger partial charge in [-0.15, -0.1) is 0 Å². The normalized spacial score (nSPS) is 16.3. The van der Waals surface area contributed by atoms with Crippen LogP contribution < -0.4 is 0 Å². The molecule has 2 aromatic carbocycles. The number of aliphatic hydroxyl groups is 1. The summed E-state index contributed by atoms with van der Waals surface area (Å²) in [6.45, 7) is 0. The van der Waals surface area contributed by atoms with E-state index in [1.165, 1.54) is 0 Å². The molecule has 0 aromatic heterocycles. The number of hydrogen-bond acceptors (Lipinski definition) is 2. The van der Waals surface area contributed by atoms with Gasteiger partial charge in [0.25, 0.3) is 5.95 Å². The van der Waals surface area contributed by atoms with Crippen molar-refractivity contribution in [1.82, 2.24) is 0 Å². The van der Waals surface area contributed by atoms with Crippen LogP contribution in [-0.4, -0.2) is 5.11 Å². The maximum Gasteiger partial charge on any atom is 0.294 e. The molecule has 0 saturated heterocycles. The first-order valence-electron chi connectivity index (χ1n) is 5.78. The van der Waals surface area contributed by atoms with Crippen molar-refractivity contribution >= 4 is 11.6 Å². The van der Waals surface area contributed by atoms with E-state index < -0.39 is 0 Å². The van der Waals surface area contributed by atoms with Crippen molar-refractivity contribution in [2.45, 2.75) is 0 Å². The fourth-order valence-corrected chi connectivity index (χ4v) is 1.94. The molecule has 1 aliphatic rings. The summed E-state index contributed by atoms with van der Waals surface area (Å²) in [6, 6.07) is 19.6. The van der Waals surface area contributed by atoms with Gasteiger partial charge in [-0.25, -0.2) is 0 Å². The molecule has 3 rings (SSSR count). The molecule has 0 atom stereocenters. The third kappa shape index (κ3) is 1.89. The zero-order valence-corrected chi connectivity index (χ0v) is 9.71. The molecule has 0 spiro atoms. The molecule has 2 heteroatoms. The van der Waals surface area contributed by atoms with Crippen molar-refractivity contribution in [3.05, 3.63) is 83.5 Å². The van der Waals surface area contributed by atoms with E-state index in [1.54, 1.807) is 0 Å². The van der Waals surface area contributed by atoms with E-state index in [9.17, 15) is 5.11 Å². The van der Waals surface area contributed by atoms with Gasteiger partial charge in [0.2, 0.25) is 0 Å². The number of ether oxygens (including phenoxy) is 1. The van der Waals surface area contributed by atoms with E-state index in [2.05, 4.69) is 0 Å². The van der Waals surface area contributed by atoms with Gasteiger partial charge < -0.3 is 9.84 Å². The minimum Gasteiger partial charge on any atom is -0.480 e. The zero-order chi connectivity index (χ0) is 12.4.